The van der Waals surface area contributed by atoms with E-state index in [0.717, 1.165) is 28.1 Å². The third-order valence-electron chi connectivity index (χ3n) is 5.61. The topological polar surface area (TPSA) is 115 Å². The van der Waals surface area contributed by atoms with E-state index in [4.69, 9.17) is 26.8 Å². The summed E-state index contributed by atoms with van der Waals surface area (Å²) in [5.74, 6) is 1.37. The van der Waals surface area contributed by atoms with E-state index >= 15 is 0 Å². The molecule has 30 heavy (non-hydrogen) atoms. The zero-order valence-electron chi connectivity index (χ0n) is 17.2. The summed E-state index contributed by atoms with van der Waals surface area (Å²) in [6, 6.07) is 0.0846. The fourth-order valence-electron chi connectivity index (χ4n) is 4.03. The summed E-state index contributed by atoms with van der Waals surface area (Å²) in [6.45, 7) is 6.16. The van der Waals surface area contributed by atoms with Crippen molar-refractivity contribution in [2.45, 2.75) is 38.8 Å². The number of aromatic nitrogens is 3. The Bertz CT molecular complexity index is 981. The average molecular weight is 433 g/mol. The molecule has 0 aromatic carbocycles. The van der Waals surface area contributed by atoms with Crippen molar-refractivity contribution >= 4 is 29.3 Å². The standard InChI is InChI=1S/C20H25ClN6O3/c1-10-13(5-23-11(2)17(10)29-3)7-27-6-12(4-15(28)24-14-8-30-9-14)16-18(21)25-20(22)26-19(16)27/h5,12,14H,4,6-9H2,1-3H3,(H,24,28)(H2,22,25,26)/t12-/m0/s1. The number of rotatable bonds is 6. The molecule has 0 aliphatic carbocycles. The van der Waals surface area contributed by atoms with E-state index in [9.17, 15) is 4.79 Å². The summed E-state index contributed by atoms with van der Waals surface area (Å²) in [5, 5.41) is 3.27. The Morgan fingerprint density at radius 1 is 1.40 bits per heavy atom. The molecule has 1 fully saturated rings. The Kier molecular flexibility index (Phi) is 5.66. The lowest BCUT2D eigenvalue weighted by Gasteiger charge is -2.27. The number of carbonyl (C=O) groups excluding carboxylic acids is 1. The Labute approximate surface area is 179 Å². The van der Waals surface area contributed by atoms with Crippen LogP contribution in [-0.2, 0) is 16.1 Å². The first-order valence-electron chi connectivity index (χ1n) is 9.81. The molecule has 9 nitrogen and oxygen atoms in total. The maximum Gasteiger partial charge on any atom is 0.223 e. The lowest BCUT2D eigenvalue weighted by atomic mass is 10.00. The van der Waals surface area contributed by atoms with E-state index < -0.39 is 0 Å². The number of nitrogens with zero attached hydrogens (tertiary/aromatic N) is 4. The SMILES string of the molecule is COc1c(C)ncc(CN2C[C@H](CC(=O)NC3COC3)c3c(Cl)nc(N)nc32)c1C. The maximum atomic E-state index is 12.5. The van der Waals surface area contributed by atoms with Crippen molar-refractivity contribution in [3.63, 3.8) is 0 Å². The van der Waals surface area contributed by atoms with E-state index in [-0.39, 0.29) is 23.8 Å². The van der Waals surface area contributed by atoms with Crippen molar-refractivity contribution in [3.8, 4) is 5.75 Å². The van der Waals surface area contributed by atoms with Crippen LogP contribution in [0.1, 0.15) is 34.7 Å². The summed E-state index contributed by atoms with van der Waals surface area (Å²) in [4.78, 5) is 27.6. The van der Waals surface area contributed by atoms with Crippen LogP contribution < -0.4 is 20.7 Å². The molecule has 0 saturated carbocycles. The highest BCUT2D eigenvalue weighted by Gasteiger charge is 2.36. The van der Waals surface area contributed by atoms with E-state index in [0.29, 0.717) is 43.7 Å². The number of ether oxygens (including phenoxy) is 2. The van der Waals surface area contributed by atoms with Gasteiger partial charge in [-0.15, -0.1) is 0 Å². The molecule has 1 atom stereocenters. The van der Waals surface area contributed by atoms with Crippen LogP contribution in [0.3, 0.4) is 0 Å². The number of nitrogen functional groups attached to an aromatic ring is 1. The van der Waals surface area contributed by atoms with Gasteiger partial charge < -0.3 is 25.4 Å². The molecule has 10 heteroatoms. The normalized spacial score (nSPS) is 18.1. The lowest BCUT2D eigenvalue weighted by Crippen LogP contribution is -2.48. The number of aryl methyl sites for hydroxylation is 1. The Hall–Kier alpha value is -2.65. The molecular formula is C20H25ClN6O3. The van der Waals surface area contributed by atoms with E-state index in [1.165, 1.54) is 0 Å². The Balaban J connectivity index is 1.60. The Morgan fingerprint density at radius 3 is 2.83 bits per heavy atom. The first-order valence-corrected chi connectivity index (χ1v) is 10.2. The van der Waals surface area contributed by atoms with Gasteiger partial charge in [-0.3, -0.25) is 9.78 Å². The third kappa shape index (κ3) is 3.87. The summed E-state index contributed by atoms with van der Waals surface area (Å²) in [6.07, 6.45) is 2.14. The van der Waals surface area contributed by atoms with Crippen molar-refractivity contribution in [3.05, 3.63) is 33.7 Å². The molecular weight excluding hydrogens is 408 g/mol. The summed E-state index contributed by atoms with van der Waals surface area (Å²) in [7, 11) is 1.64. The minimum atomic E-state index is -0.130. The zero-order chi connectivity index (χ0) is 21.4. The van der Waals surface area contributed by atoms with E-state index in [2.05, 4.69) is 25.2 Å². The molecule has 0 unspecified atom stereocenters. The number of hydrogen-bond donors (Lipinski definition) is 2. The van der Waals surface area contributed by atoms with Gasteiger partial charge in [-0.2, -0.15) is 4.98 Å². The van der Waals surface area contributed by atoms with E-state index in [1.54, 1.807) is 7.11 Å². The van der Waals surface area contributed by atoms with Crippen LogP contribution in [0, 0.1) is 13.8 Å². The molecule has 2 aromatic rings. The first-order chi connectivity index (χ1) is 14.4. The highest BCUT2D eigenvalue weighted by molar-refractivity contribution is 6.30. The van der Waals surface area contributed by atoms with Crippen molar-refractivity contribution in [2.75, 3.05) is 37.5 Å². The number of amides is 1. The quantitative estimate of drug-likeness (QED) is 0.663. The fraction of sp³-hybridized carbons (Fsp3) is 0.500. The summed E-state index contributed by atoms with van der Waals surface area (Å²) in [5.41, 5.74) is 9.49. The van der Waals surface area contributed by atoms with Gasteiger partial charge >= 0.3 is 0 Å². The monoisotopic (exact) mass is 432 g/mol. The van der Waals surface area contributed by atoms with Crippen LogP contribution in [-0.4, -0.2) is 53.8 Å². The largest absolute Gasteiger partial charge is 0.495 e. The number of nitrogens with two attached hydrogens (primary N) is 1. The molecule has 3 N–H and O–H groups in total. The fourth-order valence-corrected chi connectivity index (χ4v) is 4.36. The molecule has 1 amide bonds. The number of hydrogen-bond acceptors (Lipinski definition) is 8. The maximum absolute atomic E-state index is 12.5. The van der Waals surface area contributed by atoms with Crippen LogP contribution in [0.2, 0.25) is 5.15 Å². The Morgan fingerprint density at radius 2 is 2.17 bits per heavy atom. The molecule has 2 aliphatic heterocycles. The number of carbonyl (C=O) groups is 1. The van der Waals surface area contributed by atoms with Crippen LogP contribution in [0.4, 0.5) is 11.8 Å². The minimum absolute atomic E-state index is 0.0381. The number of fused-ring (bicyclic) bond motifs is 1. The number of pyridine rings is 1. The van der Waals surface area contributed by atoms with Crippen LogP contribution in [0.25, 0.3) is 0 Å². The second kappa shape index (κ2) is 8.23. The lowest BCUT2D eigenvalue weighted by molar-refractivity contribution is -0.125. The highest BCUT2D eigenvalue weighted by Crippen LogP contribution is 2.42. The molecule has 0 spiro atoms. The van der Waals surface area contributed by atoms with Gasteiger partial charge in [0.15, 0.2) is 0 Å². The van der Waals surface area contributed by atoms with Gasteiger partial charge in [0.05, 0.1) is 32.1 Å². The molecule has 0 bridgehead atoms. The van der Waals surface area contributed by atoms with Gasteiger partial charge in [0, 0.05) is 37.2 Å². The average Bonchev–Trinajstić information content (AvgIpc) is 2.98. The van der Waals surface area contributed by atoms with Gasteiger partial charge in [0.2, 0.25) is 11.9 Å². The molecule has 2 aliphatic rings. The van der Waals surface area contributed by atoms with Crippen molar-refractivity contribution in [2.24, 2.45) is 0 Å². The second-order valence-electron chi connectivity index (χ2n) is 7.72. The van der Waals surface area contributed by atoms with Crippen molar-refractivity contribution in [1.29, 1.82) is 0 Å². The molecule has 1 saturated heterocycles. The predicted molar refractivity (Wildman–Crippen MR) is 113 cm³/mol. The van der Waals surface area contributed by atoms with Gasteiger partial charge in [-0.25, -0.2) is 4.98 Å². The van der Waals surface area contributed by atoms with Gasteiger partial charge in [0.1, 0.15) is 16.7 Å². The van der Waals surface area contributed by atoms with Gasteiger partial charge in [-0.05, 0) is 25.0 Å². The number of halogens is 1. The molecule has 4 heterocycles. The molecule has 0 radical (unpaired) electrons. The second-order valence-corrected chi connectivity index (χ2v) is 8.08. The van der Waals surface area contributed by atoms with Crippen molar-refractivity contribution in [1.82, 2.24) is 20.3 Å². The first kappa shape index (κ1) is 20.6. The number of nitrogens with one attached hydrogen (secondary N) is 1. The van der Waals surface area contributed by atoms with Gasteiger partial charge in [-0.1, -0.05) is 11.6 Å². The smallest absolute Gasteiger partial charge is 0.223 e. The third-order valence-corrected chi connectivity index (χ3v) is 5.90. The van der Waals surface area contributed by atoms with Gasteiger partial charge in [0.25, 0.3) is 0 Å². The zero-order valence-corrected chi connectivity index (χ0v) is 18.0. The number of anilines is 2. The molecule has 160 valence electrons. The van der Waals surface area contributed by atoms with Crippen LogP contribution in [0.15, 0.2) is 6.20 Å². The number of methoxy groups -OCH3 is 1. The molecule has 4 rings (SSSR count). The van der Waals surface area contributed by atoms with Crippen LogP contribution >= 0.6 is 11.6 Å². The van der Waals surface area contributed by atoms with Crippen molar-refractivity contribution < 1.29 is 14.3 Å². The molecule has 2 aromatic heterocycles. The summed E-state index contributed by atoms with van der Waals surface area (Å²) < 4.78 is 10.6. The predicted octanol–water partition coefficient (Wildman–Crippen LogP) is 1.74. The van der Waals surface area contributed by atoms with E-state index in [1.807, 2.05) is 20.0 Å². The van der Waals surface area contributed by atoms with Crippen LogP contribution in [0.5, 0.6) is 5.75 Å². The highest BCUT2D eigenvalue weighted by atomic mass is 35.5. The summed E-state index contributed by atoms with van der Waals surface area (Å²) >= 11 is 6.42. The minimum Gasteiger partial charge on any atom is -0.495 e.